The fourth-order valence-corrected chi connectivity index (χ4v) is 1.15. The lowest BCUT2D eigenvalue weighted by atomic mass is 10.5. The fraction of sp³-hybridized carbons (Fsp3) is 0.375. The van der Waals surface area contributed by atoms with Crippen molar-refractivity contribution in [3.05, 3.63) is 17.0 Å². The van der Waals surface area contributed by atoms with Crippen molar-refractivity contribution in [3.63, 3.8) is 0 Å². The van der Waals surface area contributed by atoms with E-state index in [4.69, 9.17) is 11.6 Å². The Morgan fingerprint density at radius 1 is 1.54 bits per heavy atom. The molecule has 1 heterocycles. The quantitative estimate of drug-likeness (QED) is 0.411. The van der Waals surface area contributed by atoms with Crippen molar-refractivity contribution in [1.29, 1.82) is 0 Å². The molecule has 70 valence electrons. The third-order valence-corrected chi connectivity index (χ3v) is 1.64. The number of aryl methyl sites for hydroxylation is 1. The first-order chi connectivity index (χ1) is 6.13. The van der Waals surface area contributed by atoms with Crippen LogP contribution in [-0.2, 0) is 0 Å². The van der Waals surface area contributed by atoms with Crippen molar-refractivity contribution in [2.24, 2.45) is 4.99 Å². The van der Waals surface area contributed by atoms with E-state index in [-0.39, 0.29) is 0 Å². The molecule has 0 amide bonds. The number of nitrogens with zero attached hydrogens (tertiary/aromatic N) is 4. The molecule has 1 aromatic heterocycles. The standard InChI is InChI=1S/C8H11ClN4/c1-6-11-7(9)4-8(12-6)13(3)5-10-2/h4-5H,1-3H3. The van der Waals surface area contributed by atoms with Gasteiger partial charge in [0.15, 0.2) is 0 Å². The van der Waals surface area contributed by atoms with Crippen molar-refractivity contribution < 1.29 is 0 Å². The van der Waals surface area contributed by atoms with Crippen molar-refractivity contribution in [2.75, 3.05) is 19.0 Å². The Balaban J connectivity index is 3.00. The molecule has 0 aliphatic rings. The molecule has 1 rings (SSSR count). The predicted molar refractivity (Wildman–Crippen MR) is 54.6 cm³/mol. The van der Waals surface area contributed by atoms with Gasteiger partial charge in [0.1, 0.15) is 16.8 Å². The first-order valence-corrected chi connectivity index (χ1v) is 4.17. The minimum Gasteiger partial charge on any atom is -0.320 e. The summed E-state index contributed by atoms with van der Waals surface area (Å²) in [7, 11) is 3.55. The summed E-state index contributed by atoms with van der Waals surface area (Å²) in [5.74, 6) is 1.39. The molecule has 0 N–H and O–H groups in total. The molecule has 0 fully saturated rings. The van der Waals surface area contributed by atoms with Gasteiger partial charge in [-0.15, -0.1) is 0 Å². The Morgan fingerprint density at radius 2 is 2.23 bits per heavy atom. The highest BCUT2D eigenvalue weighted by molar-refractivity contribution is 6.29. The highest BCUT2D eigenvalue weighted by Gasteiger charge is 2.02. The lowest BCUT2D eigenvalue weighted by Crippen LogP contribution is -2.16. The lowest BCUT2D eigenvalue weighted by Gasteiger charge is -2.11. The average Bonchev–Trinajstić information content (AvgIpc) is 2.03. The molecule has 0 unspecified atom stereocenters. The van der Waals surface area contributed by atoms with E-state index in [9.17, 15) is 0 Å². The Kier molecular flexibility index (Phi) is 3.19. The molecule has 0 saturated carbocycles. The Hall–Kier alpha value is -1.16. The van der Waals surface area contributed by atoms with Crippen molar-refractivity contribution >= 4 is 23.8 Å². The maximum Gasteiger partial charge on any atom is 0.138 e. The summed E-state index contributed by atoms with van der Waals surface area (Å²) in [4.78, 5) is 13.8. The third-order valence-electron chi connectivity index (χ3n) is 1.44. The molecule has 5 heteroatoms. The zero-order valence-electron chi connectivity index (χ0n) is 7.82. The summed E-state index contributed by atoms with van der Waals surface area (Å²) in [5.41, 5.74) is 0. The van der Waals surface area contributed by atoms with E-state index in [1.54, 1.807) is 31.3 Å². The fourth-order valence-electron chi connectivity index (χ4n) is 0.929. The highest BCUT2D eigenvalue weighted by Crippen LogP contribution is 2.13. The van der Waals surface area contributed by atoms with Crippen LogP contribution in [0.2, 0.25) is 5.15 Å². The average molecular weight is 199 g/mol. The van der Waals surface area contributed by atoms with E-state index in [1.165, 1.54) is 0 Å². The topological polar surface area (TPSA) is 41.4 Å². The highest BCUT2D eigenvalue weighted by atomic mass is 35.5. The van der Waals surface area contributed by atoms with Gasteiger partial charge < -0.3 is 4.90 Å². The van der Waals surface area contributed by atoms with Gasteiger partial charge in [-0.25, -0.2) is 9.97 Å². The molecular formula is C8H11ClN4. The minimum absolute atomic E-state index is 0.443. The van der Waals surface area contributed by atoms with Crippen LogP contribution in [-0.4, -0.2) is 30.4 Å². The van der Waals surface area contributed by atoms with E-state index in [2.05, 4.69) is 15.0 Å². The van der Waals surface area contributed by atoms with Gasteiger partial charge in [-0.1, -0.05) is 11.6 Å². The smallest absolute Gasteiger partial charge is 0.138 e. The van der Waals surface area contributed by atoms with Gasteiger partial charge in [-0.3, -0.25) is 4.99 Å². The van der Waals surface area contributed by atoms with E-state index >= 15 is 0 Å². The van der Waals surface area contributed by atoms with Crippen molar-refractivity contribution in [3.8, 4) is 0 Å². The van der Waals surface area contributed by atoms with E-state index in [0.29, 0.717) is 11.0 Å². The Labute approximate surface area is 82.3 Å². The number of anilines is 1. The number of rotatable bonds is 2. The van der Waals surface area contributed by atoms with Crippen LogP contribution in [0.1, 0.15) is 5.82 Å². The van der Waals surface area contributed by atoms with Gasteiger partial charge in [0, 0.05) is 20.2 Å². The molecule has 13 heavy (non-hydrogen) atoms. The summed E-state index contributed by atoms with van der Waals surface area (Å²) in [5, 5.41) is 0.443. The van der Waals surface area contributed by atoms with Gasteiger partial charge in [-0.05, 0) is 6.92 Å². The summed E-state index contributed by atoms with van der Waals surface area (Å²) in [6.45, 7) is 1.80. The molecule has 1 aromatic rings. The van der Waals surface area contributed by atoms with Crippen molar-refractivity contribution in [2.45, 2.75) is 6.92 Å². The summed E-state index contributed by atoms with van der Waals surface area (Å²) >= 11 is 5.77. The molecular weight excluding hydrogens is 188 g/mol. The SMILES string of the molecule is CN=CN(C)c1cc(Cl)nc(C)n1. The second-order valence-electron chi connectivity index (χ2n) is 2.58. The molecule has 4 nitrogen and oxygen atoms in total. The third kappa shape index (κ3) is 2.66. The summed E-state index contributed by atoms with van der Waals surface area (Å²) < 4.78 is 0. The number of hydrogen-bond acceptors (Lipinski definition) is 3. The second-order valence-corrected chi connectivity index (χ2v) is 2.97. The molecule has 0 spiro atoms. The molecule has 0 aromatic carbocycles. The largest absolute Gasteiger partial charge is 0.320 e. The molecule has 0 bridgehead atoms. The first-order valence-electron chi connectivity index (χ1n) is 3.80. The zero-order valence-corrected chi connectivity index (χ0v) is 8.58. The lowest BCUT2D eigenvalue weighted by molar-refractivity contribution is 1.03. The number of halogens is 1. The van der Waals surface area contributed by atoms with Gasteiger partial charge in [0.2, 0.25) is 0 Å². The molecule has 0 atom stereocenters. The van der Waals surface area contributed by atoms with E-state index in [0.717, 1.165) is 5.82 Å². The number of aromatic nitrogens is 2. The van der Waals surface area contributed by atoms with Gasteiger partial charge >= 0.3 is 0 Å². The van der Waals surface area contributed by atoms with Gasteiger partial charge in [0.25, 0.3) is 0 Å². The molecule has 0 aliphatic carbocycles. The summed E-state index contributed by atoms with van der Waals surface area (Å²) in [6, 6.07) is 1.69. The van der Waals surface area contributed by atoms with E-state index in [1.807, 2.05) is 7.05 Å². The van der Waals surface area contributed by atoms with Crippen molar-refractivity contribution in [1.82, 2.24) is 9.97 Å². The van der Waals surface area contributed by atoms with Crippen LogP contribution in [0.25, 0.3) is 0 Å². The van der Waals surface area contributed by atoms with Crippen LogP contribution in [0.3, 0.4) is 0 Å². The maximum absolute atomic E-state index is 5.77. The summed E-state index contributed by atoms with van der Waals surface area (Å²) in [6.07, 6.45) is 1.66. The maximum atomic E-state index is 5.77. The Morgan fingerprint density at radius 3 is 2.77 bits per heavy atom. The van der Waals surface area contributed by atoms with Crippen LogP contribution in [0.15, 0.2) is 11.1 Å². The number of aliphatic imine (C=N–C) groups is 1. The molecule has 0 radical (unpaired) electrons. The normalized spacial score (nSPS) is 10.8. The van der Waals surface area contributed by atoms with E-state index < -0.39 is 0 Å². The zero-order chi connectivity index (χ0) is 9.84. The Bertz CT molecular complexity index is 304. The van der Waals surface area contributed by atoms with Gasteiger partial charge in [-0.2, -0.15) is 0 Å². The van der Waals surface area contributed by atoms with Crippen LogP contribution >= 0.6 is 11.6 Å². The monoisotopic (exact) mass is 198 g/mol. The second kappa shape index (κ2) is 4.18. The first kappa shape index (κ1) is 9.92. The van der Waals surface area contributed by atoms with Crippen LogP contribution in [0, 0.1) is 6.92 Å². The predicted octanol–water partition coefficient (Wildman–Crippen LogP) is 1.53. The van der Waals surface area contributed by atoms with Crippen LogP contribution in [0.5, 0.6) is 0 Å². The van der Waals surface area contributed by atoms with Gasteiger partial charge in [0.05, 0.1) is 6.34 Å². The number of hydrogen-bond donors (Lipinski definition) is 0. The molecule has 0 aliphatic heterocycles. The minimum atomic E-state index is 0.443. The molecule has 0 saturated heterocycles. The van der Waals surface area contributed by atoms with Crippen LogP contribution in [0.4, 0.5) is 5.82 Å². The van der Waals surface area contributed by atoms with Crippen LogP contribution < -0.4 is 4.90 Å².